The quantitative estimate of drug-likeness (QED) is 0.760. The van der Waals surface area contributed by atoms with Crippen molar-refractivity contribution in [2.45, 2.75) is 0 Å². The first-order valence-corrected chi connectivity index (χ1v) is 5.03. The largest absolute Gasteiger partial charge is 0.468 e. The van der Waals surface area contributed by atoms with Gasteiger partial charge in [0.05, 0.1) is 18.1 Å². The van der Waals surface area contributed by atoms with Gasteiger partial charge in [-0.25, -0.2) is 9.97 Å². The van der Waals surface area contributed by atoms with Crippen LogP contribution in [0.1, 0.15) is 0 Å². The van der Waals surface area contributed by atoms with E-state index in [1.54, 1.807) is 0 Å². The number of aromatic nitrogens is 2. The summed E-state index contributed by atoms with van der Waals surface area (Å²) in [6.07, 6.45) is 0. The Morgan fingerprint density at radius 2 is 2.00 bits per heavy atom. The van der Waals surface area contributed by atoms with Gasteiger partial charge in [0, 0.05) is 0 Å². The number of benzene rings is 1. The highest BCUT2D eigenvalue weighted by molar-refractivity contribution is 5.81. The number of carbonyl (C=O) groups excluding carboxylic acids is 1. The van der Waals surface area contributed by atoms with Crippen LogP contribution in [0.3, 0.4) is 0 Å². The number of para-hydroxylation sites is 2. The molecule has 0 saturated carbocycles. The minimum Gasteiger partial charge on any atom is -0.468 e. The van der Waals surface area contributed by atoms with Crippen LogP contribution >= 0.6 is 0 Å². The molecule has 0 unspecified atom stereocenters. The third-order valence-electron chi connectivity index (χ3n) is 2.23. The normalized spacial score (nSPS) is 10.2. The van der Waals surface area contributed by atoms with Gasteiger partial charge in [0.25, 0.3) is 0 Å². The number of nitrogen functional groups attached to an aromatic ring is 1. The zero-order chi connectivity index (χ0) is 12.3. The molecule has 0 spiro atoms. The number of hydrogen-bond donors (Lipinski definition) is 2. The first-order chi connectivity index (χ1) is 8.20. The first kappa shape index (κ1) is 11.1. The summed E-state index contributed by atoms with van der Waals surface area (Å²) in [5.74, 6) is 0.251. The Morgan fingerprint density at radius 3 is 2.65 bits per heavy atom. The number of hydrogen-bond acceptors (Lipinski definition) is 6. The van der Waals surface area contributed by atoms with E-state index in [9.17, 15) is 4.79 Å². The molecule has 0 saturated heterocycles. The molecule has 0 radical (unpaired) electrons. The molecule has 0 amide bonds. The maximum Gasteiger partial charge on any atom is 0.325 e. The van der Waals surface area contributed by atoms with E-state index in [2.05, 4.69) is 20.0 Å². The van der Waals surface area contributed by atoms with Crippen LogP contribution in [0.15, 0.2) is 24.3 Å². The zero-order valence-corrected chi connectivity index (χ0v) is 9.30. The number of nitrogens with two attached hydrogens (primary N) is 1. The van der Waals surface area contributed by atoms with E-state index in [1.165, 1.54) is 7.11 Å². The van der Waals surface area contributed by atoms with Crippen molar-refractivity contribution in [2.24, 2.45) is 0 Å². The summed E-state index contributed by atoms with van der Waals surface area (Å²) in [4.78, 5) is 19.4. The Morgan fingerprint density at radius 1 is 1.35 bits per heavy atom. The lowest BCUT2D eigenvalue weighted by Crippen LogP contribution is -2.17. The maximum absolute atomic E-state index is 11.0. The highest BCUT2D eigenvalue weighted by Gasteiger charge is 2.07. The predicted molar refractivity (Wildman–Crippen MR) is 64.5 cm³/mol. The van der Waals surface area contributed by atoms with Gasteiger partial charge in [-0.3, -0.25) is 4.79 Å². The van der Waals surface area contributed by atoms with Crippen LogP contribution in [0.5, 0.6) is 0 Å². The Balaban J connectivity index is 2.28. The van der Waals surface area contributed by atoms with Crippen molar-refractivity contribution in [3.8, 4) is 0 Å². The number of esters is 1. The van der Waals surface area contributed by atoms with Gasteiger partial charge in [-0.2, -0.15) is 0 Å². The summed E-state index contributed by atoms with van der Waals surface area (Å²) in [6, 6.07) is 7.36. The number of rotatable bonds is 3. The topological polar surface area (TPSA) is 90.1 Å². The standard InChI is InChI=1S/C11H12N4O2/c1-17-9(16)6-13-11-10(12)14-7-4-2-3-5-8(7)15-11/h2-5H,6H2,1H3,(H2,12,14)(H,13,15). The van der Waals surface area contributed by atoms with Gasteiger partial charge in [-0.15, -0.1) is 0 Å². The Labute approximate surface area is 97.8 Å². The average molecular weight is 232 g/mol. The summed E-state index contributed by atoms with van der Waals surface area (Å²) >= 11 is 0. The summed E-state index contributed by atoms with van der Waals surface area (Å²) < 4.78 is 4.51. The second kappa shape index (κ2) is 4.65. The Hall–Kier alpha value is -2.37. The number of ether oxygens (including phenoxy) is 1. The van der Waals surface area contributed by atoms with E-state index in [-0.39, 0.29) is 18.3 Å². The van der Waals surface area contributed by atoms with Crippen molar-refractivity contribution in [3.05, 3.63) is 24.3 Å². The maximum atomic E-state index is 11.0. The second-order valence-corrected chi connectivity index (χ2v) is 3.38. The third-order valence-corrected chi connectivity index (χ3v) is 2.23. The van der Waals surface area contributed by atoms with Crippen LogP contribution in [-0.4, -0.2) is 29.6 Å². The van der Waals surface area contributed by atoms with Gasteiger partial charge in [0.15, 0.2) is 11.6 Å². The molecule has 2 rings (SSSR count). The number of fused-ring (bicyclic) bond motifs is 1. The molecular formula is C11H12N4O2. The van der Waals surface area contributed by atoms with E-state index in [0.717, 1.165) is 0 Å². The van der Waals surface area contributed by atoms with E-state index in [0.29, 0.717) is 16.9 Å². The molecule has 0 aliphatic rings. The SMILES string of the molecule is COC(=O)CNc1nc2ccccc2nc1N. The molecule has 0 bridgehead atoms. The fourth-order valence-electron chi connectivity index (χ4n) is 1.37. The van der Waals surface area contributed by atoms with Gasteiger partial charge in [-0.05, 0) is 12.1 Å². The van der Waals surface area contributed by atoms with Crippen molar-refractivity contribution in [1.82, 2.24) is 9.97 Å². The van der Waals surface area contributed by atoms with Crippen molar-refractivity contribution in [3.63, 3.8) is 0 Å². The minimum atomic E-state index is -0.389. The van der Waals surface area contributed by atoms with Crippen LogP contribution in [0.25, 0.3) is 11.0 Å². The van der Waals surface area contributed by atoms with Crippen LogP contribution in [-0.2, 0) is 9.53 Å². The minimum absolute atomic E-state index is 0.00766. The molecule has 6 nitrogen and oxygen atoms in total. The fraction of sp³-hybridized carbons (Fsp3) is 0.182. The molecule has 3 N–H and O–H groups in total. The molecular weight excluding hydrogens is 220 g/mol. The van der Waals surface area contributed by atoms with Crippen LogP contribution < -0.4 is 11.1 Å². The summed E-state index contributed by atoms with van der Waals surface area (Å²) in [5.41, 5.74) is 7.16. The molecule has 2 aromatic rings. The third kappa shape index (κ3) is 2.41. The van der Waals surface area contributed by atoms with Gasteiger partial charge in [0.1, 0.15) is 6.54 Å². The number of nitrogens with one attached hydrogen (secondary N) is 1. The second-order valence-electron chi connectivity index (χ2n) is 3.38. The summed E-state index contributed by atoms with van der Waals surface area (Å²) in [7, 11) is 1.32. The van der Waals surface area contributed by atoms with E-state index in [4.69, 9.17) is 5.73 Å². The molecule has 0 atom stereocenters. The van der Waals surface area contributed by atoms with E-state index < -0.39 is 0 Å². The van der Waals surface area contributed by atoms with E-state index in [1.807, 2.05) is 24.3 Å². The Bertz CT molecular complexity index is 556. The van der Waals surface area contributed by atoms with Crippen LogP contribution in [0, 0.1) is 0 Å². The van der Waals surface area contributed by atoms with Crippen molar-refractivity contribution < 1.29 is 9.53 Å². The highest BCUT2D eigenvalue weighted by atomic mass is 16.5. The summed E-state index contributed by atoms with van der Waals surface area (Å²) in [5, 5.41) is 2.78. The molecule has 1 heterocycles. The van der Waals surface area contributed by atoms with Crippen LogP contribution in [0.4, 0.5) is 11.6 Å². The van der Waals surface area contributed by atoms with Gasteiger partial charge in [0.2, 0.25) is 0 Å². The molecule has 88 valence electrons. The van der Waals surface area contributed by atoms with Gasteiger partial charge in [-0.1, -0.05) is 12.1 Å². The average Bonchev–Trinajstić information content (AvgIpc) is 2.35. The van der Waals surface area contributed by atoms with Gasteiger partial charge < -0.3 is 15.8 Å². The van der Waals surface area contributed by atoms with Crippen LogP contribution in [0.2, 0.25) is 0 Å². The molecule has 17 heavy (non-hydrogen) atoms. The molecule has 1 aromatic heterocycles. The first-order valence-electron chi connectivity index (χ1n) is 5.03. The lowest BCUT2D eigenvalue weighted by molar-refractivity contribution is -0.138. The lowest BCUT2D eigenvalue weighted by Gasteiger charge is -2.07. The summed E-state index contributed by atoms with van der Waals surface area (Å²) in [6.45, 7) is 0.00766. The van der Waals surface area contributed by atoms with Gasteiger partial charge >= 0.3 is 5.97 Å². The number of carbonyl (C=O) groups is 1. The molecule has 1 aromatic carbocycles. The molecule has 0 fully saturated rings. The highest BCUT2D eigenvalue weighted by Crippen LogP contribution is 2.17. The van der Waals surface area contributed by atoms with Crippen molar-refractivity contribution >= 4 is 28.6 Å². The lowest BCUT2D eigenvalue weighted by atomic mass is 10.3. The predicted octanol–water partition coefficient (Wildman–Crippen LogP) is 0.797. The number of anilines is 2. The smallest absolute Gasteiger partial charge is 0.325 e. The molecule has 0 aliphatic heterocycles. The number of methoxy groups -OCH3 is 1. The fourth-order valence-corrected chi connectivity index (χ4v) is 1.37. The zero-order valence-electron chi connectivity index (χ0n) is 9.30. The number of nitrogens with zero attached hydrogens (tertiary/aromatic N) is 2. The molecule has 6 heteroatoms. The van der Waals surface area contributed by atoms with Crippen molar-refractivity contribution in [1.29, 1.82) is 0 Å². The van der Waals surface area contributed by atoms with E-state index >= 15 is 0 Å². The Kier molecular flexibility index (Phi) is 3.04. The monoisotopic (exact) mass is 232 g/mol. The molecule has 0 aliphatic carbocycles. The van der Waals surface area contributed by atoms with Crippen molar-refractivity contribution in [2.75, 3.05) is 24.7 Å².